The zero-order chi connectivity index (χ0) is 75.8. The van der Waals surface area contributed by atoms with Crippen molar-refractivity contribution >= 4 is 21.7 Å². The second kappa shape index (κ2) is 31.5. The maximum Gasteiger partial charge on any atom is 0.261 e. The molecule has 0 aliphatic carbocycles. The van der Waals surface area contributed by atoms with E-state index in [2.05, 4.69) is 60.9 Å². The Morgan fingerprint density at radius 3 is 1.37 bits per heavy atom. The van der Waals surface area contributed by atoms with E-state index >= 15 is 0 Å². The Balaban J connectivity index is 0.000000155. The molecule has 20 saturated heterocycles. The molecule has 7 N–H and O–H groups in total. The summed E-state index contributed by atoms with van der Waals surface area (Å²) in [6.07, 6.45) is 13.3. The van der Waals surface area contributed by atoms with Crippen molar-refractivity contribution in [1.29, 1.82) is 0 Å². The van der Waals surface area contributed by atoms with Crippen molar-refractivity contribution in [3.63, 3.8) is 0 Å². The molecule has 0 saturated carbocycles. The highest BCUT2D eigenvalue weighted by Gasteiger charge is 2.74. The summed E-state index contributed by atoms with van der Waals surface area (Å²) in [5.74, 6) is -0.494. The molecule has 0 aromatic heterocycles. The van der Waals surface area contributed by atoms with Gasteiger partial charge in [-0.3, -0.25) is 14.1 Å². The molecule has 25 nitrogen and oxygen atoms in total. The van der Waals surface area contributed by atoms with Crippen molar-refractivity contribution in [2.24, 2.45) is 47.0 Å². The molecule has 20 aliphatic heterocycles. The number of ether oxygens (including phenoxy) is 16. The van der Waals surface area contributed by atoms with Crippen LogP contribution < -0.4 is 11.5 Å². The summed E-state index contributed by atoms with van der Waals surface area (Å²) in [7, 11) is -3.67. The first kappa shape index (κ1) is 79.3. The van der Waals surface area contributed by atoms with Crippen LogP contribution >= 0.6 is 0 Å². The van der Waals surface area contributed by atoms with E-state index in [9.17, 15) is 28.2 Å². The van der Waals surface area contributed by atoms with Gasteiger partial charge in [-0.05, 0) is 155 Å². The first-order valence-electron chi connectivity index (χ1n) is 41.5. The lowest BCUT2D eigenvalue weighted by atomic mass is 9.78. The maximum atomic E-state index is 14.0. The number of carbonyl (C=O) groups is 2. The van der Waals surface area contributed by atoms with Gasteiger partial charge in [0.2, 0.25) is 0 Å². The molecule has 0 aromatic carbocycles. The van der Waals surface area contributed by atoms with E-state index in [1.807, 2.05) is 0 Å². The van der Waals surface area contributed by atoms with Crippen molar-refractivity contribution < 1.29 is 109 Å². The number of Topliss-reactive ketones (excluding diaryl/α,β-unsaturated/α-hetero) is 2. The highest BCUT2D eigenvalue weighted by Crippen LogP contribution is 2.60. The van der Waals surface area contributed by atoms with Crippen LogP contribution in [-0.2, 0) is 95.5 Å². The summed E-state index contributed by atoms with van der Waals surface area (Å²) in [5, 5.41) is 21.0. The van der Waals surface area contributed by atoms with E-state index in [1.54, 1.807) is 0 Å². The lowest BCUT2D eigenvalue weighted by molar-refractivity contribution is -0.294. The first-order chi connectivity index (χ1) is 51.5. The molecular formula is C82H124N2O23S. The van der Waals surface area contributed by atoms with Gasteiger partial charge in [0.15, 0.2) is 11.6 Å². The Morgan fingerprint density at radius 1 is 0.444 bits per heavy atom. The summed E-state index contributed by atoms with van der Waals surface area (Å²) in [6.45, 7) is 29.1. The average molecular weight is 1540 g/mol. The van der Waals surface area contributed by atoms with Crippen LogP contribution in [0.5, 0.6) is 0 Å². The Bertz CT molecular complexity index is 3430. The highest BCUT2D eigenvalue weighted by atomic mass is 32.2. The molecule has 2 spiro atoms. The largest absolute Gasteiger partial charge is 0.392 e. The molecule has 20 rings (SSSR count). The third-order valence-corrected chi connectivity index (χ3v) is 28.7. The lowest BCUT2D eigenvalue weighted by Crippen LogP contribution is -2.61. The number of ketones is 2. The fourth-order valence-electron chi connectivity index (χ4n) is 23.0. The Hall–Kier alpha value is -2.59. The third kappa shape index (κ3) is 16.1. The van der Waals surface area contributed by atoms with Crippen molar-refractivity contribution in [2.45, 2.75) is 396 Å². The van der Waals surface area contributed by atoms with Crippen LogP contribution in [0.15, 0.2) is 48.6 Å². The molecule has 0 aromatic rings. The summed E-state index contributed by atoms with van der Waals surface area (Å²) < 4.78 is 134. The van der Waals surface area contributed by atoms with Gasteiger partial charge < -0.3 is 97.5 Å². The molecule has 606 valence electrons. The molecule has 26 heteroatoms. The molecule has 20 fully saturated rings. The van der Waals surface area contributed by atoms with Crippen LogP contribution in [0.1, 0.15) is 202 Å². The van der Waals surface area contributed by atoms with E-state index < -0.39 is 39.5 Å². The quantitative estimate of drug-likeness (QED) is 0.124. The van der Waals surface area contributed by atoms with Gasteiger partial charge in [0.1, 0.15) is 78.2 Å². The van der Waals surface area contributed by atoms with Gasteiger partial charge in [-0.2, -0.15) is 8.42 Å². The minimum Gasteiger partial charge on any atom is -0.392 e. The molecule has 38 atom stereocenters. The first-order valence-corrected chi connectivity index (χ1v) is 43.4. The zero-order valence-corrected chi connectivity index (χ0v) is 65.2. The monoisotopic (exact) mass is 1540 g/mol. The number of aliphatic hydroxyl groups excluding tert-OH is 2. The molecule has 12 unspecified atom stereocenters. The van der Waals surface area contributed by atoms with Crippen molar-refractivity contribution in [1.82, 2.24) is 0 Å². The number of aliphatic hydroxyl groups is 2. The topological polar surface area (TPSA) is 329 Å². The molecule has 20 aliphatic rings. The summed E-state index contributed by atoms with van der Waals surface area (Å²) in [5.41, 5.74) is 15.6. The van der Waals surface area contributed by atoms with Crippen LogP contribution in [0, 0.1) is 35.5 Å². The van der Waals surface area contributed by atoms with Gasteiger partial charge >= 0.3 is 0 Å². The van der Waals surface area contributed by atoms with E-state index in [-0.39, 0.29) is 213 Å². The maximum absolute atomic E-state index is 14.0. The van der Waals surface area contributed by atoms with Gasteiger partial charge in [0.25, 0.3) is 10.1 Å². The fraction of sp³-hybridized carbons (Fsp3) is 0.878. The molecule has 0 amide bonds. The van der Waals surface area contributed by atoms with E-state index in [0.717, 1.165) is 112 Å². The fourth-order valence-corrected chi connectivity index (χ4v) is 23.0. The molecule has 20 heterocycles. The number of carbonyl (C=O) groups excluding carboxylic acids is 2. The van der Waals surface area contributed by atoms with Crippen molar-refractivity contribution in [2.75, 3.05) is 19.3 Å². The van der Waals surface area contributed by atoms with E-state index in [0.29, 0.717) is 95.1 Å². The van der Waals surface area contributed by atoms with Crippen molar-refractivity contribution in [3.8, 4) is 0 Å². The third-order valence-electron chi connectivity index (χ3n) is 28.7. The zero-order valence-electron chi connectivity index (χ0n) is 64.4. The molecule has 0 radical (unpaired) electrons. The number of fused-ring (bicyclic) bond motifs is 12. The summed E-state index contributed by atoms with van der Waals surface area (Å²) in [4.78, 5) is 28.0. The van der Waals surface area contributed by atoms with E-state index in [4.69, 9.17) is 91.8 Å². The Morgan fingerprint density at radius 2 is 0.861 bits per heavy atom. The lowest BCUT2D eigenvalue weighted by Gasteiger charge is -2.47. The number of rotatable bonds is 6. The number of nitrogens with two attached hydrogens (primary N) is 2. The van der Waals surface area contributed by atoms with Crippen LogP contribution in [-0.4, -0.2) is 248 Å². The smallest absolute Gasteiger partial charge is 0.261 e. The van der Waals surface area contributed by atoms with Gasteiger partial charge in [-0.15, -0.1) is 0 Å². The highest BCUT2D eigenvalue weighted by molar-refractivity contribution is 7.85. The molecule has 108 heavy (non-hydrogen) atoms. The minimum absolute atomic E-state index is 0.00127. The van der Waals surface area contributed by atoms with Crippen LogP contribution in [0.3, 0.4) is 0 Å². The van der Waals surface area contributed by atoms with Crippen LogP contribution in [0.2, 0.25) is 0 Å². The number of hydrogen-bond donors (Lipinski definition) is 5. The average Bonchev–Trinajstić information content (AvgIpc) is 1.54. The van der Waals surface area contributed by atoms with Gasteiger partial charge in [0.05, 0.1) is 122 Å². The van der Waals surface area contributed by atoms with Crippen LogP contribution in [0.25, 0.3) is 0 Å². The summed E-state index contributed by atoms with van der Waals surface area (Å²) >= 11 is 0. The predicted octanol–water partition coefficient (Wildman–Crippen LogP) is 8.01. The Labute approximate surface area is 637 Å². The Kier molecular flexibility index (Phi) is 23.1. The standard InChI is InChI=1S/C41H61NO10.C40H59NO10.CH4O3S/c1-20-12-26-6-8-30-21(2)13-28(45-30)10-11-41-19-40(5)39(52-41)38-37(50-40)36(51-41)35-31(49-38)9-7-27(47-35)14-24(43)15-29-23(4)32(16-25(44)18-42)48-34(29)17-33(46-26)22(20)3;1-19-11-25-5-7-29-20(2)12-27(44-29)9-10-40-17-34-36(50-40)37-38(49-34)39(51-40)35-30(48-37)8-6-26(46-35)13-23(42)14-28-22(4)31(15-24(43)18-41)47-33(28)16-32(45-25)21(19)3;1-5(2,3)4/h20,23,25-39,44H,2-3,6-19,42H2,1,4-5H3;19,22,24-39,43H,2-3,5-18,41H2,1,4H3;1H3,(H,2,3,4)/t20-,23-,25?,26+,27?,28+,29-,30?,31+,32-,33?,34+,35+,36?,37+,38-,39?,40-,41-;19-,22-,24?,25+,26?,27+,28-,29?,30+,31-,32?,33+,34-,35+,36?,37+,38-,39?,40+;/m11./s1. The minimum atomic E-state index is -3.67. The van der Waals surface area contributed by atoms with Gasteiger partial charge in [-0.25, -0.2) is 0 Å². The predicted molar refractivity (Wildman–Crippen MR) is 391 cm³/mol. The van der Waals surface area contributed by atoms with E-state index in [1.165, 1.54) is 0 Å². The van der Waals surface area contributed by atoms with Gasteiger partial charge in [-0.1, -0.05) is 54.0 Å². The normalized spacial score (nSPS) is 51.6. The van der Waals surface area contributed by atoms with Crippen molar-refractivity contribution in [3.05, 3.63) is 48.6 Å². The second-order valence-electron chi connectivity index (χ2n) is 36.6. The SMILES string of the molecule is C=C1C[C@@H]2CC[C@@]34C[C@@]5(C)O[C@H]6C(O3)[C@H]3OC(CC[C@@H]3O[C@H]6C5O4)CC(=O)C[C@@H]3[C@@H](C)[C@@H](CC(O)CN)O[C@H]3CC3O[C@@H](CCC1O2)C[C@@H](C)C3=C.C=C1C[C@@H]2CC[C@@]34C[C@H]5O[C@H]6C(O3)[C@H]3OC(CC[C@@H]3O[C@H]6C5O4)CC(=O)C[C@@H]3[C@@H](C)[C@@H](CC(O)CN)O[C@H]3CC3O[C@@H](CCC1O2)C[C@@H](C)C3=C.CS(=O)(=O)O. The number of hydrogen-bond acceptors (Lipinski definition) is 24. The molecular weight excluding hydrogens is 1410 g/mol. The van der Waals surface area contributed by atoms with Crippen LogP contribution in [0.4, 0.5) is 0 Å². The molecule has 24 bridgehead atoms. The second-order valence-corrected chi connectivity index (χ2v) is 38.1. The van der Waals surface area contributed by atoms with Gasteiger partial charge in [0, 0.05) is 90.1 Å². The summed E-state index contributed by atoms with van der Waals surface area (Å²) in [6, 6.07) is 0.